The molecule has 2 nitrogen and oxygen atoms in total. The monoisotopic (exact) mass is 224 g/mol. The van der Waals surface area contributed by atoms with Crippen molar-refractivity contribution in [2.24, 2.45) is 0 Å². The van der Waals surface area contributed by atoms with Crippen LogP contribution in [0.3, 0.4) is 0 Å². The second-order valence-corrected chi connectivity index (χ2v) is 4.31. The van der Waals surface area contributed by atoms with E-state index in [0.29, 0.717) is 5.75 Å². The van der Waals surface area contributed by atoms with Gasteiger partial charge in [-0.25, -0.2) is 0 Å². The molecule has 1 aromatic rings. The van der Waals surface area contributed by atoms with Gasteiger partial charge in [-0.15, -0.1) is 0 Å². The molecule has 0 saturated carbocycles. The minimum atomic E-state index is 0.173. The zero-order valence-corrected chi connectivity index (χ0v) is 9.97. The highest BCUT2D eigenvalue weighted by Crippen LogP contribution is 2.15. The highest BCUT2D eigenvalue weighted by Gasteiger charge is 2.06. The quantitative estimate of drug-likeness (QED) is 0.549. The number of ketones is 1. The van der Waals surface area contributed by atoms with E-state index in [1.807, 2.05) is 18.2 Å². The van der Waals surface area contributed by atoms with Crippen LogP contribution in [0, 0.1) is 0 Å². The Bertz CT molecular complexity index is 323. The van der Waals surface area contributed by atoms with Crippen LogP contribution in [0.2, 0.25) is 0 Å². The van der Waals surface area contributed by atoms with Crippen molar-refractivity contribution in [1.82, 2.24) is 0 Å². The predicted octanol–water partition coefficient (Wildman–Crippen LogP) is 3.02. The van der Waals surface area contributed by atoms with Crippen molar-refractivity contribution in [3.8, 4) is 5.75 Å². The normalized spacial score (nSPS) is 10.0. The van der Waals surface area contributed by atoms with Gasteiger partial charge in [0.25, 0.3) is 0 Å². The standard InChI is InChI=1S/C12H16O2S/c1-3-7-15-9-12(13)10-5-4-6-11(8-10)14-2/h4-6,8H,3,7,9H2,1-2H3. The molecule has 0 heterocycles. The molecule has 0 saturated heterocycles. The minimum absolute atomic E-state index is 0.173. The molecule has 82 valence electrons. The molecule has 0 aliphatic carbocycles. The fourth-order valence-corrected chi connectivity index (χ4v) is 1.97. The average molecular weight is 224 g/mol. The van der Waals surface area contributed by atoms with E-state index in [1.54, 1.807) is 24.9 Å². The molecular weight excluding hydrogens is 208 g/mol. The number of carbonyl (C=O) groups excluding carboxylic acids is 1. The molecule has 3 heteroatoms. The molecule has 1 rings (SSSR count). The summed E-state index contributed by atoms with van der Waals surface area (Å²) in [5.41, 5.74) is 0.734. The Balaban J connectivity index is 2.57. The number of Topliss-reactive ketones (excluding diaryl/α,β-unsaturated/α-hetero) is 1. The Hall–Kier alpha value is -0.960. The SMILES string of the molecule is CCCSCC(=O)c1cccc(OC)c1. The number of benzene rings is 1. The maximum absolute atomic E-state index is 11.7. The van der Waals surface area contributed by atoms with Crippen molar-refractivity contribution in [1.29, 1.82) is 0 Å². The van der Waals surface area contributed by atoms with Crippen LogP contribution in [0.1, 0.15) is 23.7 Å². The number of methoxy groups -OCH3 is 1. The third-order valence-corrected chi connectivity index (χ3v) is 3.14. The molecule has 15 heavy (non-hydrogen) atoms. The Morgan fingerprint density at radius 3 is 2.93 bits per heavy atom. The molecule has 0 fully saturated rings. The van der Waals surface area contributed by atoms with Crippen LogP contribution in [0.4, 0.5) is 0 Å². The van der Waals surface area contributed by atoms with Crippen LogP contribution in [-0.4, -0.2) is 24.4 Å². The first-order valence-electron chi connectivity index (χ1n) is 5.03. The number of ether oxygens (including phenoxy) is 1. The zero-order valence-electron chi connectivity index (χ0n) is 9.16. The van der Waals surface area contributed by atoms with Gasteiger partial charge >= 0.3 is 0 Å². The maximum Gasteiger partial charge on any atom is 0.172 e. The van der Waals surface area contributed by atoms with E-state index in [1.165, 1.54) is 0 Å². The van der Waals surface area contributed by atoms with Gasteiger partial charge in [0, 0.05) is 5.56 Å². The van der Waals surface area contributed by atoms with E-state index < -0.39 is 0 Å². The zero-order chi connectivity index (χ0) is 11.1. The summed E-state index contributed by atoms with van der Waals surface area (Å²) in [6.07, 6.45) is 1.11. The lowest BCUT2D eigenvalue weighted by molar-refractivity contribution is 0.102. The van der Waals surface area contributed by atoms with E-state index >= 15 is 0 Å². The van der Waals surface area contributed by atoms with Crippen LogP contribution in [-0.2, 0) is 0 Å². The van der Waals surface area contributed by atoms with Crippen molar-refractivity contribution in [2.45, 2.75) is 13.3 Å². The maximum atomic E-state index is 11.7. The van der Waals surface area contributed by atoms with Gasteiger partial charge in [0.1, 0.15) is 5.75 Å². The second kappa shape index (κ2) is 6.51. The van der Waals surface area contributed by atoms with Crippen LogP contribution < -0.4 is 4.74 Å². The molecule has 0 spiro atoms. The van der Waals surface area contributed by atoms with Gasteiger partial charge in [0.15, 0.2) is 5.78 Å². The highest BCUT2D eigenvalue weighted by molar-refractivity contribution is 7.99. The number of hydrogen-bond acceptors (Lipinski definition) is 3. The Morgan fingerprint density at radius 2 is 2.27 bits per heavy atom. The van der Waals surface area contributed by atoms with Crippen molar-refractivity contribution >= 4 is 17.5 Å². The summed E-state index contributed by atoms with van der Waals surface area (Å²) < 4.78 is 5.07. The van der Waals surface area contributed by atoms with E-state index in [9.17, 15) is 4.79 Å². The molecule has 0 N–H and O–H groups in total. The van der Waals surface area contributed by atoms with Crippen LogP contribution >= 0.6 is 11.8 Å². The molecule has 0 aromatic heterocycles. The summed E-state index contributed by atoms with van der Waals surface area (Å²) in [5, 5.41) is 0. The summed E-state index contributed by atoms with van der Waals surface area (Å²) in [4.78, 5) is 11.7. The summed E-state index contributed by atoms with van der Waals surface area (Å²) in [6, 6.07) is 7.30. The van der Waals surface area contributed by atoms with Crippen LogP contribution in [0.5, 0.6) is 5.75 Å². The highest BCUT2D eigenvalue weighted by atomic mass is 32.2. The van der Waals surface area contributed by atoms with Crippen molar-refractivity contribution in [2.75, 3.05) is 18.6 Å². The van der Waals surface area contributed by atoms with Gasteiger partial charge in [-0.1, -0.05) is 19.1 Å². The van der Waals surface area contributed by atoms with Crippen molar-refractivity contribution in [3.05, 3.63) is 29.8 Å². The summed E-state index contributed by atoms with van der Waals surface area (Å²) in [5.74, 6) is 2.50. The summed E-state index contributed by atoms with van der Waals surface area (Å²) in [6.45, 7) is 2.11. The average Bonchev–Trinajstić information content (AvgIpc) is 2.29. The van der Waals surface area contributed by atoms with Gasteiger partial charge in [-0.2, -0.15) is 11.8 Å². The first-order chi connectivity index (χ1) is 7.27. The molecule has 0 aliphatic heterocycles. The van der Waals surface area contributed by atoms with Gasteiger partial charge in [-0.05, 0) is 24.3 Å². The Labute approximate surface area is 95.0 Å². The largest absolute Gasteiger partial charge is 0.497 e. The van der Waals surface area contributed by atoms with Crippen LogP contribution in [0.25, 0.3) is 0 Å². The third kappa shape index (κ3) is 3.96. The summed E-state index contributed by atoms with van der Waals surface area (Å²) in [7, 11) is 1.61. The Morgan fingerprint density at radius 1 is 1.47 bits per heavy atom. The van der Waals surface area contributed by atoms with E-state index in [0.717, 1.165) is 23.5 Å². The van der Waals surface area contributed by atoms with Gasteiger partial charge in [-0.3, -0.25) is 4.79 Å². The lowest BCUT2D eigenvalue weighted by atomic mass is 10.1. The molecule has 0 unspecified atom stereocenters. The molecule has 0 bridgehead atoms. The minimum Gasteiger partial charge on any atom is -0.497 e. The number of carbonyl (C=O) groups is 1. The van der Waals surface area contributed by atoms with Gasteiger partial charge < -0.3 is 4.74 Å². The Kier molecular flexibility index (Phi) is 5.26. The predicted molar refractivity (Wildman–Crippen MR) is 64.9 cm³/mol. The van der Waals surface area contributed by atoms with E-state index in [4.69, 9.17) is 4.74 Å². The fourth-order valence-electron chi connectivity index (χ4n) is 1.19. The fraction of sp³-hybridized carbons (Fsp3) is 0.417. The van der Waals surface area contributed by atoms with E-state index in [-0.39, 0.29) is 5.78 Å². The summed E-state index contributed by atoms with van der Waals surface area (Å²) >= 11 is 1.68. The second-order valence-electron chi connectivity index (χ2n) is 3.21. The van der Waals surface area contributed by atoms with Crippen molar-refractivity contribution in [3.63, 3.8) is 0 Å². The first-order valence-corrected chi connectivity index (χ1v) is 6.18. The molecule has 0 aliphatic rings. The lowest BCUT2D eigenvalue weighted by Gasteiger charge is -2.03. The smallest absolute Gasteiger partial charge is 0.172 e. The topological polar surface area (TPSA) is 26.3 Å². The lowest BCUT2D eigenvalue weighted by Crippen LogP contribution is -2.03. The first kappa shape index (κ1) is 12.1. The number of hydrogen-bond donors (Lipinski definition) is 0. The van der Waals surface area contributed by atoms with Crippen molar-refractivity contribution < 1.29 is 9.53 Å². The third-order valence-electron chi connectivity index (χ3n) is 1.97. The number of thioether (sulfide) groups is 1. The molecular formula is C12H16O2S. The number of rotatable bonds is 6. The molecule has 0 radical (unpaired) electrons. The van der Waals surface area contributed by atoms with E-state index in [2.05, 4.69) is 6.92 Å². The molecule has 1 aromatic carbocycles. The van der Waals surface area contributed by atoms with Crippen LogP contribution in [0.15, 0.2) is 24.3 Å². The molecule has 0 atom stereocenters. The molecule has 0 amide bonds. The van der Waals surface area contributed by atoms with Gasteiger partial charge in [0.05, 0.1) is 12.9 Å². The van der Waals surface area contributed by atoms with Gasteiger partial charge in [0.2, 0.25) is 0 Å².